The lowest BCUT2D eigenvalue weighted by molar-refractivity contribution is 0.232. The van der Waals surface area contributed by atoms with Crippen LogP contribution in [0.15, 0.2) is 4.52 Å². The summed E-state index contributed by atoms with van der Waals surface area (Å²) in [5.74, 6) is 1.60. The highest BCUT2D eigenvalue weighted by Crippen LogP contribution is 2.18. The number of aryl methyl sites for hydroxylation is 1. The van der Waals surface area contributed by atoms with Crippen LogP contribution in [0.25, 0.3) is 0 Å². The van der Waals surface area contributed by atoms with Crippen LogP contribution in [-0.2, 0) is 13.0 Å². The van der Waals surface area contributed by atoms with Crippen molar-refractivity contribution in [1.82, 2.24) is 20.4 Å². The van der Waals surface area contributed by atoms with E-state index in [1.54, 1.807) is 0 Å². The van der Waals surface area contributed by atoms with Gasteiger partial charge in [0.15, 0.2) is 5.82 Å². The van der Waals surface area contributed by atoms with Gasteiger partial charge in [0.2, 0.25) is 5.89 Å². The third kappa shape index (κ3) is 3.26. The molecule has 1 saturated heterocycles. The van der Waals surface area contributed by atoms with Gasteiger partial charge in [0, 0.05) is 19.0 Å². The van der Waals surface area contributed by atoms with E-state index in [9.17, 15) is 0 Å². The Morgan fingerprint density at radius 1 is 1.53 bits per heavy atom. The minimum atomic E-state index is 0.619. The van der Waals surface area contributed by atoms with E-state index >= 15 is 0 Å². The second-order valence-electron chi connectivity index (χ2n) is 4.68. The Kier molecular flexibility index (Phi) is 4.50. The van der Waals surface area contributed by atoms with Crippen LogP contribution in [0.5, 0.6) is 0 Å². The molecule has 1 fully saturated rings. The van der Waals surface area contributed by atoms with E-state index in [0.717, 1.165) is 44.2 Å². The predicted octanol–water partition coefficient (Wildman–Crippen LogP) is 1.21. The first-order valence-electron chi connectivity index (χ1n) is 6.53. The lowest BCUT2D eigenvalue weighted by Gasteiger charge is -2.22. The summed E-state index contributed by atoms with van der Waals surface area (Å²) >= 11 is 0. The van der Waals surface area contributed by atoms with E-state index in [1.807, 2.05) is 7.05 Å². The van der Waals surface area contributed by atoms with Crippen molar-refractivity contribution in [3.05, 3.63) is 11.7 Å². The van der Waals surface area contributed by atoms with E-state index in [2.05, 4.69) is 27.3 Å². The van der Waals surface area contributed by atoms with Gasteiger partial charge in [-0.15, -0.1) is 0 Å². The smallest absolute Gasteiger partial charge is 0.226 e. The zero-order chi connectivity index (χ0) is 12.1. The van der Waals surface area contributed by atoms with E-state index < -0.39 is 0 Å². The molecule has 2 rings (SSSR count). The highest BCUT2D eigenvalue weighted by Gasteiger charge is 2.25. The van der Waals surface area contributed by atoms with Crippen LogP contribution < -0.4 is 5.32 Å². The second kappa shape index (κ2) is 6.12. The summed E-state index contributed by atoms with van der Waals surface area (Å²) < 4.78 is 5.21. The minimum absolute atomic E-state index is 0.619. The Labute approximate surface area is 103 Å². The molecule has 2 heterocycles. The first kappa shape index (κ1) is 12.5. The summed E-state index contributed by atoms with van der Waals surface area (Å²) in [6.45, 7) is 5.12. The number of hydrogen-bond acceptors (Lipinski definition) is 5. The lowest BCUT2D eigenvalue weighted by Crippen LogP contribution is -2.36. The Morgan fingerprint density at radius 2 is 2.41 bits per heavy atom. The molecule has 1 aromatic rings. The minimum Gasteiger partial charge on any atom is -0.339 e. The van der Waals surface area contributed by atoms with Crippen molar-refractivity contribution in [2.45, 2.75) is 45.2 Å². The van der Waals surface area contributed by atoms with Crippen molar-refractivity contribution in [3.8, 4) is 0 Å². The average molecular weight is 238 g/mol. The number of likely N-dealkylation sites (N-methyl/N-ethyl adjacent to an activating group) is 1. The fourth-order valence-corrected chi connectivity index (χ4v) is 2.42. The highest BCUT2D eigenvalue weighted by molar-refractivity contribution is 4.90. The SMILES string of the molecule is CCCc1nc(CN2CCCC2CNC)no1. The first-order chi connectivity index (χ1) is 8.33. The molecule has 1 atom stereocenters. The van der Waals surface area contributed by atoms with Crippen LogP contribution in [0.4, 0.5) is 0 Å². The van der Waals surface area contributed by atoms with Crippen molar-refractivity contribution in [1.29, 1.82) is 0 Å². The van der Waals surface area contributed by atoms with Gasteiger partial charge < -0.3 is 9.84 Å². The van der Waals surface area contributed by atoms with Crippen molar-refractivity contribution >= 4 is 0 Å². The zero-order valence-corrected chi connectivity index (χ0v) is 10.8. The van der Waals surface area contributed by atoms with Gasteiger partial charge in [-0.3, -0.25) is 4.90 Å². The van der Waals surface area contributed by atoms with Gasteiger partial charge >= 0.3 is 0 Å². The highest BCUT2D eigenvalue weighted by atomic mass is 16.5. The van der Waals surface area contributed by atoms with Crippen LogP contribution >= 0.6 is 0 Å². The molecule has 1 aliphatic rings. The van der Waals surface area contributed by atoms with E-state index in [0.29, 0.717) is 6.04 Å². The van der Waals surface area contributed by atoms with Crippen LogP contribution in [0.3, 0.4) is 0 Å². The molecule has 0 aliphatic carbocycles. The molecule has 0 bridgehead atoms. The number of rotatable bonds is 6. The van der Waals surface area contributed by atoms with Gasteiger partial charge in [-0.2, -0.15) is 4.98 Å². The molecule has 1 unspecified atom stereocenters. The third-order valence-corrected chi connectivity index (χ3v) is 3.26. The molecular weight excluding hydrogens is 216 g/mol. The van der Waals surface area contributed by atoms with E-state index in [1.165, 1.54) is 12.8 Å². The molecule has 0 saturated carbocycles. The van der Waals surface area contributed by atoms with Gasteiger partial charge in [0.05, 0.1) is 6.54 Å². The molecule has 96 valence electrons. The fourth-order valence-electron chi connectivity index (χ4n) is 2.42. The van der Waals surface area contributed by atoms with Gasteiger partial charge in [0.25, 0.3) is 0 Å². The molecular formula is C12H22N4O. The Morgan fingerprint density at radius 3 is 3.18 bits per heavy atom. The average Bonchev–Trinajstić information content (AvgIpc) is 2.91. The number of nitrogens with one attached hydrogen (secondary N) is 1. The largest absolute Gasteiger partial charge is 0.339 e. The normalized spacial score (nSPS) is 21.2. The first-order valence-corrected chi connectivity index (χ1v) is 6.53. The van der Waals surface area contributed by atoms with Crippen molar-refractivity contribution in [2.24, 2.45) is 0 Å². The standard InChI is InChI=1S/C12H22N4O/c1-3-5-12-14-11(15-17-12)9-16-7-4-6-10(16)8-13-2/h10,13H,3-9H2,1-2H3. The Bertz CT molecular complexity index is 339. The van der Waals surface area contributed by atoms with Crippen molar-refractivity contribution < 1.29 is 4.52 Å². The zero-order valence-electron chi connectivity index (χ0n) is 10.8. The van der Waals surface area contributed by atoms with E-state index in [4.69, 9.17) is 4.52 Å². The summed E-state index contributed by atoms with van der Waals surface area (Å²) in [7, 11) is 2.00. The van der Waals surface area contributed by atoms with Crippen LogP contribution in [0, 0.1) is 0 Å². The second-order valence-corrected chi connectivity index (χ2v) is 4.68. The maximum Gasteiger partial charge on any atom is 0.226 e. The number of aromatic nitrogens is 2. The van der Waals surface area contributed by atoms with Gasteiger partial charge in [-0.25, -0.2) is 0 Å². The summed E-state index contributed by atoms with van der Waals surface area (Å²) in [6, 6.07) is 0.619. The number of nitrogens with zero attached hydrogens (tertiary/aromatic N) is 3. The molecule has 17 heavy (non-hydrogen) atoms. The topological polar surface area (TPSA) is 54.2 Å². The monoisotopic (exact) mass is 238 g/mol. The van der Waals surface area contributed by atoms with Crippen molar-refractivity contribution in [3.63, 3.8) is 0 Å². The van der Waals surface area contributed by atoms with Gasteiger partial charge in [-0.1, -0.05) is 12.1 Å². The molecule has 5 heteroatoms. The van der Waals surface area contributed by atoms with Crippen LogP contribution in [-0.4, -0.2) is 41.2 Å². The van der Waals surface area contributed by atoms with Gasteiger partial charge in [0.1, 0.15) is 0 Å². The van der Waals surface area contributed by atoms with Crippen LogP contribution in [0.2, 0.25) is 0 Å². The molecule has 5 nitrogen and oxygen atoms in total. The number of hydrogen-bond donors (Lipinski definition) is 1. The molecule has 0 amide bonds. The summed E-state index contributed by atoms with van der Waals surface area (Å²) in [6.07, 6.45) is 4.47. The number of likely N-dealkylation sites (tertiary alicyclic amines) is 1. The Balaban J connectivity index is 1.90. The molecule has 0 radical (unpaired) electrons. The lowest BCUT2D eigenvalue weighted by atomic mass is 10.2. The maximum absolute atomic E-state index is 5.21. The Hall–Kier alpha value is -0.940. The van der Waals surface area contributed by atoms with Gasteiger partial charge in [-0.05, 0) is 32.9 Å². The molecule has 0 spiro atoms. The quantitative estimate of drug-likeness (QED) is 0.807. The van der Waals surface area contributed by atoms with Crippen molar-refractivity contribution in [2.75, 3.05) is 20.1 Å². The third-order valence-electron chi connectivity index (χ3n) is 3.26. The van der Waals surface area contributed by atoms with E-state index in [-0.39, 0.29) is 0 Å². The van der Waals surface area contributed by atoms with Crippen LogP contribution in [0.1, 0.15) is 37.9 Å². The summed E-state index contributed by atoms with van der Waals surface area (Å²) in [4.78, 5) is 6.86. The molecule has 1 N–H and O–H groups in total. The summed E-state index contributed by atoms with van der Waals surface area (Å²) in [5, 5.41) is 7.29. The predicted molar refractivity (Wildman–Crippen MR) is 65.7 cm³/mol. The molecule has 1 aliphatic heterocycles. The molecule has 1 aromatic heterocycles. The fraction of sp³-hybridized carbons (Fsp3) is 0.833. The summed E-state index contributed by atoms with van der Waals surface area (Å²) in [5.41, 5.74) is 0. The molecule has 0 aromatic carbocycles. The maximum atomic E-state index is 5.21.